The summed E-state index contributed by atoms with van der Waals surface area (Å²) in [6.07, 6.45) is 7.55. The molecule has 5 nitrogen and oxygen atoms in total. The van der Waals surface area contributed by atoms with Crippen molar-refractivity contribution < 1.29 is 4.79 Å². The Morgan fingerprint density at radius 1 is 1.24 bits per heavy atom. The summed E-state index contributed by atoms with van der Waals surface area (Å²) in [7, 11) is 1.84. The van der Waals surface area contributed by atoms with Crippen LogP contribution in [-0.2, 0) is 7.05 Å². The maximum Gasteiger partial charge on any atom is 0.256 e. The van der Waals surface area contributed by atoms with Gasteiger partial charge in [0, 0.05) is 25.5 Å². The third-order valence-corrected chi connectivity index (χ3v) is 3.56. The van der Waals surface area contributed by atoms with Gasteiger partial charge in [-0.25, -0.2) is 0 Å². The Morgan fingerprint density at radius 3 is 2.52 bits per heavy atom. The van der Waals surface area contributed by atoms with Crippen molar-refractivity contribution in [2.45, 2.75) is 39.7 Å². The van der Waals surface area contributed by atoms with E-state index in [2.05, 4.69) is 24.3 Å². The highest BCUT2D eigenvalue weighted by molar-refractivity contribution is 5.97. The lowest BCUT2D eigenvalue weighted by Gasteiger charge is -2.15. The molecular weight excluding hydrogens is 264 g/mol. The molecule has 0 saturated carbocycles. The fraction of sp³-hybridized carbons (Fsp3) is 0.500. The number of hydrogen-bond acceptors (Lipinski definition) is 2. The molecule has 1 N–H and O–H groups in total. The molecule has 2 aromatic rings. The van der Waals surface area contributed by atoms with Crippen molar-refractivity contribution in [2.24, 2.45) is 13.0 Å². The molecule has 2 aromatic heterocycles. The molecule has 2 rings (SSSR count). The Balaban J connectivity index is 2.10. The summed E-state index contributed by atoms with van der Waals surface area (Å²) in [4.78, 5) is 12.5. The van der Waals surface area contributed by atoms with Gasteiger partial charge in [-0.05, 0) is 37.8 Å². The van der Waals surface area contributed by atoms with Crippen LogP contribution in [0.25, 0.3) is 5.82 Å². The molecule has 1 amide bonds. The lowest BCUT2D eigenvalue weighted by Crippen LogP contribution is -2.33. The zero-order valence-corrected chi connectivity index (χ0v) is 13.2. The van der Waals surface area contributed by atoms with Crippen LogP contribution in [0.15, 0.2) is 30.7 Å². The molecule has 0 aliphatic heterocycles. The summed E-state index contributed by atoms with van der Waals surface area (Å²) >= 11 is 0. The van der Waals surface area contributed by atoms with Crippen LogP contribution in [0.4, 0.5) is 0 Å². The lowest BCUT2D eigenvalue weighted by molar-refractivity contribution is 0.0937. The van der Waals surface area contributed by atoms with Gasteiger partial charge in [-0.1, -0.05) is 13.8 Å². The summed E-state index contributed by atoms with van der Waals surface area (Å²) < 4.78 is 3.62. The predicted molar refractivity (Wildman–Crippen MR) is 83.5 cm³/mol. The van der Waals surface area contributed by atoms with Gasteiger partial charge in [-0.3, -0.25) is 9.48 Å². The van der Waals surface area contributed by atoms with Crippen LogP contribution in [0.5, 0.6) is 0 Å². The summed E-state index contributed by atoms with van der Waals surface area (Å²) in [6, 6.07) is 4.03. The first-order chi connectivity index (χ1) is 9.99. The van der Waals surface area contributed by atoms with Crippen LogP contribution in [0.2, 0.25) is 0 Å². The fourth-order valence-electron chi connectivity index (χ4n) is 2.33. The monoisotopic (exact) mass is 288 g/mol. The number of rotatable bonds is 6. The minimum absolute atomic E-state index is 0.0666. The average molecular weight is 288 g/mol. The van der Waals surface area contributed by atoms with Crippen LogP contribution in [-0.4, -0.2) is 26.3 Å². The van der Waals surface area contributed by atoms with Crippen LogP contribution in [0.1, 0.15) is 44.0 Å². The second-order valence-corrected chi connectivity index (χ2v) is 5.94. The first-order valence-electron chi connectivity index (χ1n) is 7.45. The molecule has 114 valence electrons. The summed E-state index contributed by atoms with van der Waals surface area (Å²) in [6.45, 7) is 6.44. The number of aromatic nitrogens is 3. The van der Waals surface area contributed by atoms with E-state index in [1.807, 2.05) is 43.1 Å². The number of hydrogen-bond donors (Lipinski definition) is 1. The van der Waals surface area contributed by atoms with Gasteiger partial charge < -0.3 is 9.88 Å². The minimum atomic E-state index is -0.0666. The van der Waals surface area contributed by atoms with E-state index in [4.69, 9.17) is 0 Å². The standard InChI is InChI=1S/C16H24N4O/c1-12(2)7-8-13(3)18-15(21)14-11-17-19(4)16(14)20-9-5-6-10-20/h5-6,9-13H,7-8H2,1-4H3,(H,18,21). The number of nitrogens with one attached hydrogen (secondary N) is 1. The van der Waals surface area contributed by atoms with Gasteiger partial charge in [-0.15, -0.1) is 0 Å². The number of carbonyl (C=O) groups excluding carboxylic acids is 1. The Labute approximate surface area is 126 Å². The number of carbonyl (C=O) groups is 1. The molecule has 0 bridgehead atoms. The molecule has 0 fully saturated rings. The summed E-state index contributed by atoms with van der Waals surface area (Å²) in [5.41, 5.74) is 0.602. The normalized spacial score (nSPS) is 12.6. The van der Waals surface area contributed by atoms with E-state index in [1.165, 1.54) is 0 Å². The van der Waals surface area contributed by atoms with Crippen LogP contribution in [0, 0.1) is 5.92 Å². The molecule has 1 unspecified atom stereocenters. The first kappa shape index (κ1) is 15.4. The molecule has 0 aliphatic carbocycles. The Bertz CT molecular complexity index is 583. The Hall–Kier alpha value is -2.04. The zero-order chi connectivity index (χ0) is 15.4. The predicted octanol–water partition coefficient (Wildman–Crippen LogP) is 2.77. The van der Waals surface area contributed by atoms with Crippen molar-refractivity contribution in [1.82, 2.24) is 19.7 Å². The van der Waals surface area contributed by atoms with Gasteiger partial charge in [0.2, 0.25) is 0 Å². The molecule has 0 saturated heterocycles. The van der Waals surface area contributed by atoms with Gasteiger partial charge >= 0.3 is 0 Å². The molecule has 0 aromatic carbocycles. The van der Waals surface area contributed by atoms with Crippen molar-refractivity contribution in [3.63, 3.8) is 0 Å². The molecule has 21 heavy (non-hydrogen) atoms. The molecule has 0 aliphatic rings. The SMILES string of the molecule is CC(C)CCC(C)NC(=O)c1cnn(C)c1-n1cccc1. The number of amides is 1. The number of aryl methyl sites for hydroxylation is 1. The van der Waals surface area contributed by atoms with Gasteiger partial charge in [0.05, 0.1) is 6.20 Å². The highest BCUT2D eigenvalue weighted by Crippen LogP contribution is 2.14. The van der Waals surface area contributed by atoms with Gasteiger partial charge in [-0.2, -0.15) is 5.10 Å². The Morgan fingerprint density at radius 2 is 1.90 bits per heavy atom. The average Bonchev–Trinajstić information content (AvgIpc) is 3.04. The topological polar surface area (TPSA) is 51.9 Å². The molecule has 2 heterocycles. The molecule has 0 radical (unpaired) electrons. The van der Waals surface area contributed by atoms with Gasteiger partial charge in [0.25, 0.3) is 5.91 Å². The molecule has 1 atom stereocenters. The van der Waals surface area contributed by atoms with Crippen LogP contribution < -0.4 is 5.32 Å². The van der Waals surface area contributed by atoms with E-state index in [9.17, 15) is 4.79 Å². The molecule has 5 heteroatoms. The smallest absolute Gasteiger partial charge is 0.256 e. The highest BCUT2D eigenvalue weighted by atomic mass is 16.1. The Kier molecular flexibility index (Phi) is 4.83. The third-order valence-electron chi connectivity index (χ3n) is 3.56. The highest BCUT2D eigenvalue weighted by Gasteiger charge is 2.18. The van der Waals surface area contributed by atoms with E-state index in [0.717, 1.165) is 18.7 Å². The van der Waals surface area contributed by atoms with E-state index in [-0.39, 0.29) is 11.9 Å². The molecule has 0 spiro atoms. The van der Waals surface area contributed by atoms with Gasteiger partial charge in [0.15, 0.2) is 0 Å². The molecular formula is C16H24N4O. The number of nitrogens with zero attached hydrogens (tertiary/aromatic N) is 3. The van der Waals surface area contributed by atoms with Crippen molar-refractivity contribution in [2.75, 3.05) is 0 Å². The zero-order valence-electron chi connectivity index (χ0n) is 13.2. The van der Waals surface area contributed by atoms with Crippen molar-refractivity contribution >= 4 is 5.91 Å². The largest absolute Gasteiger partial charge is 0.349 e. The quantitative estimate of drug-likeness (QED) is 0.888. The van der Waals surface area contributed by atoms with E-state index >= 15 is 0 Å². The summed E-state index contributed by atoms with van der Waals surface area (Å²) in [5, 5.41) is 7.27. The lowest BCUT2D eigenvalue weighted by atomic mass is 10.0. The second-order valence-electron chi connectivity index (χ2n) is 5.94. The van der Waals surface area contributed by atoms with Crippen molar-refractivity contribution in [3.8, 4) is 5.82 Å². The van der Waals surface area contributed by atoms with E-state index in [0.29, 0.717) is 11.5 Å². The fourth-order valence-corrected chi connectivity index (χ4v) is 2.33. The van der Waals surface area contributed by atoms with Crippen LogP contribution in [0.3, 0.4) is 0 Å². The van der Waals surface area contributed by atoms with Crippen molar-refractivity contribution in [1.29, 1.82) is 0 Å². The van der Waals surface area contributed by atoms with Crippen LogP contribution >= 0.6 is 0 Å². The van der Waals surface area contributed by atoms with E-state index in [1.54, 1.807) is 10.9 Å². The minimum Gasteiger partial charge on any atom is -0.349 e. The van der Waals surface area contributed by atoms with E-state index < -0.39 is 0 Å². The van der Waals surface area contributed by atoms with Gasteiger partial charge in [0.1, 0.15) is 11.4 Å². The maximum atomic E-state index is 12.5. The second kappa shape index (κ2) is 6.61. The first-order valence-corrected chi connectivity index (χ1v) is 7.45. The third kappa shape index (κ3) is 3.74. The maximum absolute atomic E-state index is 12.5. The van der Waals surface area contributed by atoms with Crippen molar-refractivity contribution in [3.05, 3.63) is 36.3 Å². The summed E-state index contributed by atoms with van der Waals surface area (Å²) in [5.74, 6) is 1.37.